The van der Waals surface area contributed by atoms with Crippen molar-refractivity contribution in [3.8, 4) is 0 Å². The van der Waals surface area contributed by atoms with Gasteiger partial charge in [-0.1, -0.05) is 6.92 Å². The molecule has 104 valence electrons. The van der Waals surface area contributed by atoms with Crippen LogP contribution in [0.25, 0.3) is 0 Å². The van der Waals surface area contributed by atoms with Gasteiger partial charge in [-0.25, -0.2) is 4.39 Å². The summed E-state index contributed by atoms with van der Waals surface area (Å²) < 4.78 is 14.4. The maximum absolute atomic E-state index is 14.4. The van der Waals surface area contributed by atoms with E-state index in [2.05, 4.69) is 6.92 Å². The predicted molar refractivity (Wildman–Crippen MR) is 75.1 cm³/mol. The fourth-order valence-electron chi connectivity index (χ4n) is 4.98. The monoisotopic (exact) mass is 292 g/mol. The summed E-state index contributed by atoms with van der Waals surface area (Å²) in [5.74, 6) is 1.28. The summed E-state index contributed by atoms with van der Waals surface area (Å²) >= 11 is 12.7. The van der Waals surface area contributed by atoms with Gasteiger partial charge < -0.3 is 0 Å². The van der Waals surface area contributed by atoms with E-state index in [1.54, 1.807) is 0 Å². The lowest BCUT2D eigenvalue weighted by molar-refractivity contribution is 0.0445. The minimum atomic E-state index is -0.744. The van der Waals surface area contributed by atoms with Crippen molar-refractivity contribution in [1.82, 2.24) is 0 Å². The van der Waals surface area contributed by atoms with Crippen LogP contribution in [0.1, 0.15) is 51.9 Å². The molecular weight excluding hydrogens is 270 g/mol. The molecule has 3 saturated carbocycles. The van der Waals surface area contributed by atoms with Crippen LogP contribution in [0.2, 0.25) is 0 Å². The van der Waals surface area contributed by atoms with E-state index < -0.39 is 6.17 Å². The number of rotatable bonds is 2. The summed E-state index contributed by atoms with van der Waals surface area (Å²) in [5, 5.41) is -0.222. The molecule has 3 fully saturated rings. The Bertz CT molecular complexity index is 312. The fraction of sp³-hybridized carbons (Fsp3) is 1.00. The molecule has 0 aromatic rings. The Labute approximate surface area is 120 Å². The van der Waals surface area contributed by atoms with E-state index >= 15 is 0 Å². The Balaban J connectivity index is 1.80. The molecule has 3 aliphatic carbocycles. The van der Waals surface area contributed by atoms with Crippen molar-refractivity contribution in [2.45, 2.75) is 68.8 Å². The third kappa shape index (κ3) is 2.00. The molecule has 0 aromatic carbocycles. The molecule has 0 radical (unpaired) electrons. The summed E-state index contributed by atoms with van der Waals surface area (Å²) in [4.78, 5) is 0. The topological polar surface area (TPSA) is 0 Å². The highest BCUT2D eigenvalue weighted by molar-refractivity contribution is 6.30. The number of fused-ring (bicyclic) bond motifs is 2. The highest BCUT2D eigenvalue weighted by Gasteiger charge is 2.53. The normalized spacial score (nSPS) is 53.7. The van der Waals surface area contributed by atoms with E-state index in [0.29, 0.717) is 17.8 Å². The molecule has 0 aromatic heterocycles. The molecular formula is C15H23Cl2F. The Morgan fingerprint density at radius 1 is 1.11 bits per heavy atom. The van der Waals surface area contributed by atoms with Crippen LogP contribution >= 0.6 is 23.2 Å². The standard InChI is InChI=1S/C15H23Cl2F/c1-9(15-6-4-10(8-15)5-7-15)13-12(18)3-2-11(16)14(13)17/h9-14H,2-8H2,1H3/t9-,10?,11?,12?,13?,14?,15?/m1/s1. The minimum Gasteiger partial charge on any atom is -0.247 e. The molecule has 3 heteroatoms. The van der Waals surface area contributed by atoms with Gasteiger partial charge in [-0.2, -0.15) is 0 Å². The lowest BCUT2D eigenvalue weighted by Crippen LogP contribution is -2.46. The van der Waals surface area contributed by atoms with Crippen LogP contribution < -0.4 is 0 Å². The fourth-order valence-corrected chi connectivity index (χ4v) is 5.78. The van der Waals surface area contributed by atoms with Gasteiger partial charge in [-0.3, -0.25) is 0 Å². The van der Waals surface area contributed by atoms with Gasteiger partial charge in [0.05, 0.1) is 10.8 Å². The van der Waals surface area contributed by atoms with Gasteiger partial charge in [0.25, 0.3) is 0 Å². The van der Waals surface area contributed by atoms with Crippen molar-refractivity contribution in [1.29, 1.82) is 0 Å². The lowest BCUT2D eigenvalue weighted by atomic mass is 9.64. The molecule has 5 atom stereocenters. The number of hydrogen-bond acceptors (Lipinski definition) is 0. The average molecular weight is 293 g/mol. The first-order chi connectivity index (χ1) is 8.53. The van der Waals surface area contributed by atoms with Gasteiger partial charge in [0.2, 0.25) is 0 Å². The zero-order valence-electron chi connectivity index (χ0n) is 11.0. The van der Waals surface area contributed by atoms with Crippen LogP contribution in [-0.2, 0) is 0 Å². The number of hydrogen-bond donors (Lipinski definition) is 0. The Kier molecular flexibility index (Phi) is 3.60. The molecule has 4 unspecified atom stereocenters. The molecule has 18 heavy (non-hydrogen) atoms. The van der Waals surface area contributed by atoms with Gasteiger partial charge in [-0.05, 0) is 62.2 Å². The largest absolute Gasteiger partial charge is 0.247 e. The molecule has 3 aliphatic rings. The minimum absolute atomic E-state index is 0.0280. The summed E-state index contributed by atoms with van der Waals surface area (Å²) in [7, 11) is 0. The van der Waals surface area contributed by atoms with Gasteiger partial charge in [0, 0.05) is 5.92 Å². The third-order valence-corrected chi connectivity index (χ3v) is 7.40. The predicted octanol–water partition coefficient (Wildman–Crippen LogP) is 5.17. The van der Waals surface area contributed by atoms with Crippen LogP contribution in [0.5, 0.6) is 0 Å². The van der Waals surface area contributed by atoms with Crippen molar-refractivity contribution in [3.63, 3.8) is 0 Å². The first kappa shape index (κ1) is 13.5. The molecule has 0 amide bonds. The quantitative estimate of drug-likeness (QED) is 0.616. The van der Waals surface area contributed by atoms with E-state index in [0.717, 1.165) is 12.3 Å². The van der Waals surface area contributed by atoms with Crippen LogP contribution in [0, 0.1) is 23.2 Å². The van der Waals surface area contributed by atoms with Crippen molar-refractivity contribution < 1.29 is 4.39 Å². The highest BCUT2D eigenvalue weighted by Crippen LogP contribution is 2.61. The van der Waals surface area contributed by atoms with Crippen molar-refractivity contribution in [2.24, 2.45) is 23.2 Å². The summed E-state index contributed by atoms with van der Waals surface area (Å²) in [6.07, 6.45) is 7.19. The second kappa shape index (κ2) is 4.81. The van der Waals surface area contributed by atoms with Crippen molar-refractivity contribution in [3.05, 3.63) is 0 Å². The van der Waals surface area contributed by atoms with Gasteiger partial charge in [0.1, 0.15) is 6.17 Å². The van der Waals surface area contributed by atoms with E-state index in [4.69, 9.17) is 23.2 Å². The zero-order valence-corrected chi connectivity index (χ0v) is 12.6. The van der Waals surface area contributed by atoms with E-state index in [9.17, 15) is 4.39 Å². The van der Waals surface area contributed by atoms with E-state index in [1.165, 1.54) is 32.1 Å². The molecule has 0 heterocycles. The zero-order chi connectivity index (χ0) is 12.9. The maximum Gasteiger partial charge on any atom is 0.105 e. The SMILES string of the molecule is C[C@H](C1C(F)CCC(Cl)C1Cl)C12CCC(CC1)C2. The molecule has 0 nitrogen and oxygen atoms in total. The van der Waals surface area contributed by atoms with Crippen LogP contribution in [0.15, 0.2) is 0 Å². The Morgan fingerprint density at radius 2 is 1.78 bits per heavy atom. The molecule has 0 aliphatic heterocycles. The second-order valence-corrected chi connectivity index (χ2v) is 7.99. The Morgan fingerprint density at radius 3 is 2.33 bits per heavy atom. The second-order valence-electron chi connectivity index (χ2n) is 6.93. The van der Waals surface area contributed by atoms with E-state index in [-0.39, 0.29) is 16.7 Å². The average Bonchev–Trinajstić information content (AvgIpc) is 2.96. The number of alkyl halides is 3. The lowest BCUT2D eigenvalue weighted by Gasteiger charge is -2.45. The van der Waals surface area contributed by atoms with Gasteiger partial charge in [0.15, 0.2) is 0 Å². The maximum atomic E-state index is 14.4. The highest BCUT2D eigenvalue weighted by atomic mass is 35.5. The Hall–Kier alpha value is 0.510. The first-order valence-corrected chi connectivity index (χ1v) is 8.33. The smallest absolute Gasteiger partial charge is 0.105 e. The third-order valence-electron chi connectivity index (χ3n) is 6.19. The molecule has 0 spiro atoms. The van der Waals surface area contributed by atoms with Crippen LogP contribution in [-0.4, -0.2) is 16.9 Å². The summed E-state index contributed by atoms with van der Waals surface area (Å²) in [6, 6.07) is 0. The summed E-state index contributed by atoms with van der Waals surface area (Å²) in [6.45, 7) is 2.25. The number of halogens is 3. The van der Waals surface area contributed by atoms with Gasteiger partial charge >= 0.3 is 0 Å². The molecule has 3 rings (SSSR count). The molecule has 2 bridgehead atoms. The van der Waals surface area contributed by atoms with Crippen molar-refractivity contribution in [2.75, 3.05) is 0 Å². The van der Waals surface area contributed by atoms with Crippen LogP contribution in [0.4, 0.5) is 4.39 Å². The van der Waals surface area contributed by atoms with E-state index in [1.807, 2.05) is 0 Å². The first-order valence-electron chi connectivity index (χ1n) is 7.46. The van der Waals surface area contributed by atoms with Gasteiger partial charge in [-0.15, -0.1) is 23.2 Å². The van der Waals surface area contributed by atoms with Crippen molar-refractivity contribution >= 4 is 23.2 Å². The van der Waals surface area contributed by atoms with Crippen LogP contribution in [0.3, 0.4) is 0 Å². The summed E-state index contributed by atoms with van der Waals surface area (Å²) in [5.41, 5.74) is 0.390. The molecule has 0 N–H and O–H groups in total. The molecule has 0 saturated heterocycles.